The lowest BCUT2D eigenvalue weighted by molar-refractivity contribution is -0.245. The van der Waals surface area contributed by atoms with Crippen molar-refractivity contribution < 1.29 is 33.8 Å². The number of allylic oxidation sites excluding steroid dienone is 2. The van der Waals surface area contributed by atoms with Gasteiger partial charge in [-0.3, -0.25) is 19.2 Å². The predicted molar refractivity (Wildman–Crippen MR) is 226 cm³/mol. The van der Waals surface area contributed by atoms with Crippen molar-refractivity contribution in [3.8, 4) is 0 Å². The average Bonchev–Trinajstić information content (AvgIpc) is 3.12. The fourth-order valence-electron chi connectivity index (χ4n) is 13.7. The zero-order chi connectivity index (χ0) is 41.9. The number of carbonyl (C=O) groups excluding carboxylic acids is 3. The number of nitrogens with one attached hydrogen (secondary N) is 1. The lowest BCUT2D eigenvalue weighted by Gasteiger charge is -2.71. The van der Waals surface area contributed by atoms with Crippen LogP contribution in [0.15, 0.2) is 11.6 Å². The molecule has 2 N–H and O–H groups in total. The van der Waals surface area contributed by atoms with Gasteiger partial charge >= 0.3 is 17.9 Å². The van der Waals surface area contributed by atoms with E-state index in [0.29, 0.717) is 31.1 Å². The Balaban J connectivity index is 1.35. The number of carboxylic acid groups (broad SMARTS) is 1. The molecule has 1 amide bonds. The van der Waals surface area contributed by atoms with E-state index in [4.69, 9.17) is 14.6 Å². The van der Waals surface area contributed by atoms with Gasteiger partial charge in [-0.2, -0.15) is 0 Å². The van der Waals surface area contributed by atoms with Crippen molar-refractivity contribution in [2.24, 2.45) is 50.2 Å². The Kier molecular flexibility index (Phi) is 14.5. The first kappa shape index (κ1) is 45.7. The van der Waals surface area contributed by atoms with E-state index in [-0.39, 0.29) is 62.7 Å². The maximum Gasteiger partial charge on any atom is 0.306 e. The van der Waals surface area contributed by atoms with E-state index in [2.05, 4.69) is 59.9 Å². The average molecular weight is 796 g/mol. The summed E-state index contributed by atoms with van der Waals surface area (Å²) in [4.78, 5) is 51.5. The lowest BCUT2D eigenvalue weighted by Crippen LogP contribution is -2.68. The van der Waals surface area contributed by atoms with Gasteiger partial charge in [0, 0.05) is 31.2 Å². The molecule has 8 nitrogen and oxygen atoms in total. The fraction of sp³-hybridized carbons (Fsp3) is 0.878. The smallest absolute Gasteiger partial charge is 0.306 e. The summed E-state index contributed by atoms with van der Waals surface area (Å²) in [6.45, 7) is 21.7. The molecule has 8 heteroatoms. The summed E-state index contributed by atoms with van der Waals surface area (Å²) in [5, 5.41) is 12.3. The summed E-state index contributed by atoms with van der Waals surface area (Å²) >= 11 is 0. The van der Waals surface area contributed by atoms with Crippen molar-refractivity contribution in [2.75, 3.05) is 6.54 Å². The normalized spacial score (nSPS) is 36.3. The third-order valence-electron chi connectivity index (χ3n) is 17.0. The number of carbonyl (C=O) groups is 4. The second-order valence-corrected chi connectivity index (χ2v) is 21.6. The number of hydrogen-bond acceptors (Lipinski definition) is 6. The number of hydrogen-bond donors (Lipinski definition) is 2. The highest BCUT2D eigenvalue weighted by Gasteiger charge is 2.70. The monoisotopic (exact) mass is 796 g/mol. The van der Waals surface area contributed by atoms with Crippen LogP contribution in [0.2, 0.25) is 0 Å². The van der Waals surface area contributed by atoms with Gasteiger partial charge in [0.25, 0.3) is 0 Å². The third kappa shape index (κ3) is 9.05. The Morgan fingerprint density at radius 3 is 1.95 bits per heavy atom. The van der Waals surface area contributed by atoms with E-state index in [0.717, 1.165) is 116 Å². The lowest BCUT2D eigenvalue weighted by atomic mass is 9.33. The number of fused-ring (bicyclic) bond motifs is 7. The molecule has 0 aromatic heterocycles. The van der Waals surface area contributed by atoms with E-state index >= 15 is 0 Å². The second kappa shape index (κ2) is 18.1. The predicted octanol–water partition coefficient (Wildman–Crippen LogP) is 11.5. The first-order valence-corrected chi connectivity index (χ1v) is 23.4. The summed E-state index contributed by atoms with van der Waals surface area (Å²) < 4.78 is 12.6. The van der Waals surface area contributed by atoms with Crippen LogP contribution in [-0.2, 0) is 28.7 Å². The van der Waals surface area contributed by atoms with E-state index in [1.165, 1.54) is 6.42 Å². The summed E-state index contributed by atoms with van der Waals surface area (Å²) in [5.41, 5.74) is 0.858. The Labute approximate surface area is 346 Å². The van der Waals surface area contributed by atoms with E-state index < -0.39 is 18.2 Å². The quantitative estimate of drug-likeness (QED) is 0.0805. The van der Waals surface area contributed by atoms with Gasteiger partial charge in [0.1, 0.15) is 12.2 Å². The Bertz CT molecular complexity index is 1480. The van der Waals surface area contributed by atoms with E-state index in [1.54, 1.807) is 5.57 Å². The van der Waals surface area contributed by atoms with Crippen LogP contribution < -0.4 is 5.32 Å². The van der Waals surface area contributed by atoms with Crippen molar-refractivity contribution in [3.63, 3.8) is 0 Å². The molecule has 0 unspecified atom stereocenters. The summed E-state index contributed by atoms with van der Waals surface area (Å²) in [5.74, 6) is 0.104. The first-order valence-electron chi connectivity index (χ1n) is 23.4. The number of ether oxygens (including phenoxy) is 2. The molecule has 57 heavy (non-hydrogen) atoms. The van der Waals surface area contributed by atoms with Crippen molar-refractivity contribution in [1.29, 1.82) is 0 Å². The van der Waals surface area contributed by atoms with Gasteiger partial charge in [-0.15, -0.1) is 0 Å². The third-order valence-corrected chi connectivity index (χ3v) is 17.0. The molecule has 0 heterocycles. The molecular weight excluding hydrogens is 715 g/mol. The fourth-order valence-corrected chi connectivity index (χ4v) is 13.7. The molecular formula is C49H81NO7. The number of unbranched alkanes of at least 4 members (excludes halogenated alkanes) is 7. The summed E-state index contributed by atoms with van der Waals surface area (Å²) in [6, 6.07) is 0. The molecule has 4 saturated carbocycles. The molecule has 324 valence electrons. The maximum absolute atomic E-state index is 14.6. The standard InChI is InChI=1S/C49H81NO7/c1-10-20-40(53)56-36-33-46(7)37(45(5,6)42(36)57-41(54)21-11-2)25-26-48(9)38(46)24-23-34-35-32-44(3,4)27-29-49(35,30-28-47(34,48)8)43(55)50-31-19-17-15-13-12-14-16-18-22-39(51)52/h23,35-38,42H,10-22,24-33H2,1-9H3,(H,50,55)(H,51,52)/t35-,36+,37-,38+,42-,46-,47+,48+,49-/m0/s1. The molecule has 5 aliphatic carbocycles. The molecule has 0 spiro atoms. The van der Waals surface area contributed by atoms with Gasteiger partial charge in [0.05, 0.1) is 5.41 Å². The molecule has 9 atom stereocenters. The van der Waals surface area contributed by atoms with E-state index in [9.17, 15) is 19.2 Å². The van der Waals surface area contributed by atoms with Crippen LogP contribution in [0.1, 0.15) is 204 Å². The highest BCUT2D eigenvalue weighted by atomic mass is 16.6. The van der Waals surface area contributed by atoms with Crippen LogP contribution in [0.4, 0.5) is 0 Å². The van der Waals surface area contributed by atoms with Gasteiger partial charge < -0.3 is 19.9 Å². The van der Waals surface area contributed by atoms with Gasteiger partial charge in [-0.05, 0) is 123 Å². The number of amides is 1. The number of rotatable bonds is 18. The largest absolute Gasteiger partial charge is 0.481 e. The first-order chi connectivity index (χ1) is 26.8. The van der Waals surface area contributed by atoms with Crippen LogP contribution in [0.25, 0.3) is 0 Å². The van der Waals surface area contributed by atoms with Crippen molar-refractivity contribution in [3.05, 3.63) is 11.6 Å². The zero-order valence-electron chi connectivity index (χ0n) is 37.6. The molecule has 0 saturated heterocycles. The van der Waals surface area contributed by atoms with Crippen LogP contribution in [0.3, 0.4) is 0 Å². The number of aliphatic carboxylic acids is 1. The Morgan fingerprint density at radius 2 is 1.32 bits per heavy atom. The zero-order valence-corrected chi connectivity index (χ0v) is 37.6. The van der Waals surface area contributed by atoms with Crippen molar-refractivity contribution >= 4 is 23.8 Å². The Morgan fingerprint density at radius 1 is 0.719 bits per heavy atom. The molecule has 5 aliphatic rings. The maximum atomic E-state index is 14.6. The SMILES string of the molecule is CCCC(=O)O[C@@H]1C[C@]2(C)[C@H]3CC=C4[C@@H]5CC(C)(C)CC[C@]5(C(=O)NCCCCCCCCCCC(=O)O)CC[C@@]4(C)[C@]3(C)CC[C@H]2C(C)(C)[C@H]1OC(=O)CCC. The summed E-state index contributed by atoms with van der Waals surface area (Å²) in [6.07, 6.45) is 21.4. The Hall–Kier alpha value is -2.38. The topological polar surface area (TPSA) is 119 Å². The van der Waals surface area contributed by atoms with E-state index in [1.807, 2.05) is 13.8 Å². The van der Waals surface area contributed by atoms with Crippen LogP contribution in [-0.4, -0.2) is 47.7 Å². The van der Waals surface area contributed by atoms with Gasteiger partial charge in [-0.1, -0.05) is 112 Å². The van der Waals surface area contributed by atoms with Gasteiger partial charge in [0.2, 0.25) is 5.91 Å². The molecule has 0 bridgehead atoms. The highest BCUT2D eigenvalue weighted by molar-refractivity contribution is 5.84. The summed E-state index contributed by atoms with van der Waals surface area (Å²) in [7, 11) is 0. The minimum atomic E-state index is -0.702. The highest BCUT2D eigenvalue weighted by Crippen LogP contribution is 2.76. The van der Waals surface area contributed by atoms with Crippen LogP contribution in [0.5, 0.6) is 0 Å². The molecule has 0 aliphatic heterocycles. The number of carboxylic acids is 1. The van der Waals surface area contributed by atoms with Crippen molar-refractivity contribution in [2.45, 2.75) is 216 Å². The number of esters is 2. The second-order valence-electron chi connectivity index (χ2n) is 21.6. The van der Waals surface area contributed by atoms with Crippen LogP contribution in [0, 0.1) is 50.2 Å². The minimum Gasteiger partial charge on any atom is -0.481 e. The molecule has 0 aromatic carbocycles. The molecule has 0 aromatic rings. The van der Waals surface area contributed by atoms with Crippen molar-refractivity contribution in [1.82, 2.24) is 5.32 Å². The molecule has 5 rings (SSSR count). The van der Waals surface area contributed by atoms with Crippen LogP contribution >= 0.6 is 0 Å². The van der Waals surface area contributed by atoms with Gasteiger partial charge in [-0.25, -0.2) is 0 Å². The minimum absolute atomic E-state index is 0.0165. The molecule has 0 radical (unpaired) electrons. The van der Waals surface area contributed by atoms with Gasteiger partial charge in [0.15, 0.2) is 0 Å². The molecule has 4 fully saturated rings.